The van der Waals surface area contributed by atoms with E-state index in [2.05, 4.69) is 0 Å². The molecule has 4 fully saturated rings. The van der Waals surface area contributed by atoms with E-state index in [1.165, 1.54) is 7.11 Å². The molecule has 6 rings (SSSR count). The number of ketones is 2. The van der Waals surface area contributed by atoms with Gasteiger partial charge in [-0.15, -0.1) is 0 Å². The molecule has 1 spiro atoms. The van der Waals surface area contributed by atoms with E-state index < -0.39 is 58.0 Å². The van der Waals surface area contributed by atoms with E-state index in [0.717, 1.165) is 16.9 Å². The molecular weight excluding hydrogens is 656 g/mol. The van der Waals surface area contributed by atoms with E-state index in [0.29, 0.717) is 13.0 Å². The van der Waals surface area contributed by atoms with Crippen LogP contribution in [-0.2, 0) is 56.0 Å². The van der Waals surface area contributed by atoms with E-state index in [4.69, 9.17) is 37.9 Å². The molecule has 8 atom stereocenters. The number of aliphatic hydroxyl groups is 1. The Hall–Kier alpha value is -2.74. The third-order valence-corrected chi connectivity index (χ3v) is 12.3. The van der Waals surface area contributed by atoms with Crippen LogP contribution in [0.3, 0.4) is 0 Å². The van der Waals surface area contributed by atoms with Gasteiger partial charge in [0.15, 0.2) is 17.4 Å². The van der Waals surface area contributed by atoms with Crippen LogP contribution in [0.4, 0.5) is 0 Å². The first-order valence-corrected chi connectivity index (χ1v) is 17.9. The zero-order chi connectivity index (χ0) is 36.7. The molecule has 280 valence electrons. The topological polar surface area (TPSA) is 128 Å². The van der Waals surface area contributed by atoms with Gasteiger partial charge in [0, 0.05) is 37.2 Å². The molecule has 2 aromatic carbocycles. The zero-order valence-electron chi connectivity index (χ0n) is 31.0. The molecule has 1 saturated heterocycles. The standard InChI is InChI=1S/C40H54O11/c1-36(2)29-17-18-40(36,43)31(41)19-30-38(5,35(42)34(29)49-24-44-6)32(48-25-46-21-26-11-9-8-10-12-26)20-33(39(30)23-50-37(3,4)51-39)47-22-27-13-15-28(45-7)16-14-27/h8-16,29-30,32-34,43H,17-25H2,1-7H3/t29-,30+,32+,33-,34-,38+,39-,40-/m1/s1. The second-order valence-corrected chi connectivity index (χ2v) is 15.8. The minimum absolute atomic E-state index is 0.0696. The number of fused-ring (bicyclic) bond motifs is 4. The number of hydrogen-bond acceptors (Lipinski definition) is 11. The number of rotatable bonds is 12. The monoisotopic (exact) mass is 710 g/mol. The second kappa shape index (κ2) is 14.6. The molecule has 2 aromatic rings. The third-order valence-electron chi connectivity index (χ3n) is 12.3. The highest BCUT2D eigenvalue weighted by Crippen LogP contribution is 2.62. The fourth-order valence-corrected chi connectivity index (χ4v) is 9.24. The Morgan fingerprint density at radius 1 is 0.843 bits per heavy atom. The van der Waals surface area contributed by atoms with E-state index in [-0.39, 0.29) is 57.6 Å². The highest BCUT2D eigenvalue weighted by atomic mass is 16.8. The van der Waals surface area contributed by atoms with Gasteiger partial charge in [0.05, 0.1) is 44.6 Å². The Morgan fingerprint density at radius 2 is 1.55 bits per heavy atom. The Morgan fingerprint density at radius 3 is 2.20 bits per heavy atom. The van der Waals surface area contributed by atoms with E-state index in [1.807, 2.05) is 89.2 Å². The molecule has 11 heteroatoms. The summed E-state index contributed by atoms with van der Waals surface area (Å²) < 4.78 is 49.5. The molecule has 3 saturated carbocycles. The van der Waals surface area contributed by atoms with Gasteiger partial charge in [-0.2, -0.15) is 0 Å². The van der Waals surface area contributed by atoms with Crippen molar-refractivity contribution in [3.8, 4) is 5.75 Å². The van der Waals surface area contributed by atoms with Crippen molar-refractivity contribution in [1.82, 2.24) is 0 Å². The molecule has 0 unspecified atom stereocenters. The lowest BCUT2D eigenvalue weighted by Crippen LogP contribution is -2.69. The first kappa shape index (κ1) is 38.0. The Bertz CT molecular complexity index is 1530. The van der Waals surface area contributed by atoms with Crippen molar-refractivity contribution < 1.29 is 52.6 Å². The van der Waals surface area contributed by atoms with Crippen LogP contribution in [0.2, 0.25) is 0 Å². The second-order valence-electron chi connectivity index (χ2n) is 15.8. The van der Waals surface area contributed by atoms with Crippen LogP contribution >= 0.6 is 0 Å². The average Bonchev–Trinajstić information content (AvgIpc) is 3.57. The lowest BCUT2D eigenvalue weighted by molar-refractivity contribution is -0.272. The molecule has 1 heterocycles. The van der Waals surface area contributed by atoms with Crippen LogP contribution in [0.15, 0.2) is 54.6 Å². The maximum atomic E-state index is 15.5. The van der Waals surface area contributed by atoms with Gasteiger partial charge in [-0.1, -0.05) is 56.3 Å². The molecule has 0 amide bonds. The van der Waals surface area contributed by atoms with Crippen LogP contribution in [0.25, 0.3) is 0 Å². The van der Waals surface area contributed by atoms with Gasteiger partial charge in [0.1, 0.15) is 36.6 Å². The van der Waals surface area contributed by atoms with Crippen molar-refractivity contribution in [2.75, 3.05) is 34.4 Å². The predicted molar refractivity (Wildman–Crippen MR) is 185 cm³/mol. The Kier molecular flexibility index (Phi) is 10.9. The van der Waals surface area contributed by atoms with Gasteiger partial charge in [0.2, 0.25) is 0 Å². The summed E-state index contributed by atoms with van der Waals surface area (Å²) in [5.74, 6) is -2.17. The predicted octanol–water partition coefficient (Wildman–Crippen LogP) is 5.39. The fourth-order valence-electron chi connectivity index (χ4n) is 9.24. The molecule has 11 nitrogen and oxygen atoms in total. The summed E-state index contributed by atoms with van der Waals surface area (Å²) >= 11 is 0. The number of Topliss-reactive ketones (excluding diaryl/α,β-unsaturated/α-hetero) is 2. The summed E-state index contributed by atoms with van der Waals surface area (Å²) in [6.07, 6.45) is -1.70. The third kappa shape index (κ3) is 6.81. The smallest absolute Gasteiger partial charge is 0.170 e. The van der Waals surface area contributed by atoms with Crippen molar-refractivity contribution in [1.29, 1.82) is 0 Å². The summed E-state index contributed by atoms with van der Waals surface area (Å²) in [6, 6.07) is 17.4. The van der Waals surface area contributed by atoms with Crippen LogP contribution in [0.5, 0.6) is 5.75 Å². The maximum Gasteiger partial charge on any atom is 0.170 e. The first-order valence-electron chi connectivity index (χ1n) is 17.9. The number of hydrogen-bond donors (Lipinski definition) is 1. The first-order chi connectivity index (χ1) is 24.2. The number of carbonyl (C=O) groups is 2. The summed E-state index contributed by atoms with van der Waals surface area (Å²) in [7, 11) is 3.12. The highest BCUT2D eigenvalue weighted by molar-refractivity contribution is 5.95. The minimum atomic E-state index is -1.69. The molecule has 1 N–H and O–H groups in total. The number of carbonyl (C=O) groups excluding carboxylic acids is 2. The van der Waals surface area contributed by atoms with Crippen LogP contribution in [0, 0.1) is 22.7 Å². The normalized spacial score (nSPS) is 35.6. The summed E-state index contributed by atoms with van der Waals surface area (Å²) in [5.41, 5.74) is -3.39. The SMILES string of the molecule is COCO[C@H]1C(=O)[C@]2(C)[C@@H](OCOCc3ccccc3)C[C@@H](OCc3ccc(OC)cc3)[C@@]3(COC(C)(C)O3)[C@H]2CC(=O)[C@]2(O)CC[C@H]1C2(C)C. The Balaban J connectivity index is 1.43. The maximum absolute atomic E-state index is 15.5. The summed E-state index contributed by atoms with van der Waals surface area (Å²) in [5, 5.41) is 12.3. The van der Waals surface area contributed by atoms with Gasteiger partial charge in [-0.3, -0.25) is 9.59 Å². The number of benzene rings is 2. The average molecular weight is 711 g/mol. The summed E-state index contributed by atoms with van der Waals surface area (Å²) in [6.45, 7) is 9.58. The minimum Gasteiger partial charge on any atom is -0.497 e. The van der Waals surface area contributed by atoms with E-state index in [9.17, 15) is 9.90 Å². The zero-order valence-corrected chi connectivity index (χ0v) is 31.0. The van der Waals surface area contributed by atoms with Gasteiger partial charge >= 0.3 is 0 Å². The lowest BCUT2D eigenvalue weighted by Gasteiger charge is -2.57. The van der Waals surface area contributed by atoms with Gasteiger partial charge in [-0.05, 0) is 56.9 Å². The molecule has 51 heavy (non-hydrogen) atoms. The van der Waals surface area contributed by atoms with Crippen molar-refractivity contribution in [2.24, 2.45) is 22.7 Å². The highest BCUT2D eigenvalue weighted by Gasteiger charge is 2.73. The Labute approximate surface area is 301 Å². The van der Waals surface area contributed by atoms with E-state index in [1.54, 1.807) is 7.11 Å². The lowest BCUT2D eigenvalue weighted by atomic mass is 9.53. The van der Waals surface area contributed by atoms with Gasteiger partial charge < -0.3 is 43.0 Å². The van der Waals surface area contributed by atoms with Crippen molar-refractivity contribution in [2.45, 2.75) is 109 Å². The van der Waals surface area contributed by atoms with Gasteiger partial charge in [0.25, 0.3) is 0 Å². The molecular formula is C40H54O11. The molecule has 2 bridgehead atoms. The van der Waals surface area contributed by atoms with Crippen molar-refractivity contribution in [3.63, 3.8) is 0 Å². The molecule has 1 aliphatic heterocycles. The van der Waals surface area contributed by atoms with Crippen molar-refractivity contribution >= 4 is 11.6 Å². The van der Waals surface area contributed by atoms with Crippen LogP contribution < -0.4 is 4.74 Å². The van der Waals surface area contributed by atoms with Gasteiger partial charge in [-0.25, -0.2) is 0 Å². The number of methoxy groups -OCH3 is 2. The number of ether oxygens (including phenoxy) is 8. The quantitative estimate of drug-likeness (QED) is 0.225. The van der Waals surface area contributed by atoms with Crippen LogP contribution in [-0.4, -0.2) is 86.4 Å². The fraction of sp³-hybridized carbons (Fsp3) is 0.650. The van der Waals surface area contributed by atoms with Crippen LogP contribution in [0.1, 0.15) is 71.4 Å². The molecule has 0 radical (unpaired) electrons. The molecule has 0 aromatic heterocycles. The van der Waals surface area contributed by atoms with Crippen molar-refractivity contribution in [3.05, 3.63) is 65.7 Å². The summed E-state index contributed by atoms with van der Waals surface area (Å²) in [4.78, 5) is 30.1. The van der Waals surface area contributed by atoms with E-state index >= 15 is 4.79 Å². The largest absolute Gasteiger partial charge is 0.497 e. The molecule has 3 aliphatic carbocycles. The molecule has 4 aliphatic rings.